The Morgan fingerprint density at radius 2 is 2.29 bits per heavy atom. The number of carboxylic acid groups (broad SMARTS) is 1. The minimum absolute atomic E-state index is 0.161. The van der Waals surface area contributed by atoms with E-state index >= 15 is 0 Å². The molecular formula is C11H12N4O4S2. The van der Waals surface area contributed by atoms with Gasteiger partial charge in [0.2, 0.25) is 0 Å². The third-order valence-corrected chi connectivity index (χ3v) is 4.34. The van der Waals surface area contributed by atoms with Crippen LogP contribution in [-0.2, 0) is 11.3 Å². The molecule has 4 N–H and O–H groups in total. The van der Waals surface area contributed by atoms with Gasteiger partial charge in [-0.05, 0) is 11.4 Å². The molecule has 0 bridgehead atoms. The number of primary amides is 1. The summed E-state index contributed by atoms with van der Waals surface area (Å²) in [6.07, 6.45) is 0. The number of urea groups is 1. The molecule has 21 heavy (non-hydrogen) atoms. The highest BCUT2D eigenvalue weighted by Crippen LogP contribution is 2.20. The van der Waals surface area contributed by atoms with E-state index in [9.17, 15) is 14.4 Å². The minimum Gasteiger partial charge on any atom is -0.481 e. The third-order valence-electron chi connectivity index (χ3n) is 2.49. The Kier molecular flexibility index (Phi) is 4.81. The molecule has 0 aliphatic carbocycles. The molecule has 0 atom stereocenters. The van der Waals surface area contributed by atoms with Gasteiger partial charge in [0.05, 0.1) is 11.3 Å². The van der Waals surface area contributed by atoms with Crippen LogP contribution in [-0.4, -0.2) is 39.0 Å². The van der Waals surface area contributed by atoms with Crippen LogP contribution in [0.1, 0.15) is 0 Å². The number of thioether (sulfide) groups is 1. The van der Waals surface area contributed by atoms with E-state index in [1.54, 1.807) is 11.4 Å². The van der Waals surface area contributed by atoms with Gasteiger partial charge in [0, 0.05) is 13.1 Å². The molecular weight excluding hydrogens is 316 g/mol. The van der Waals surface area contributed by atoms with Crippen molar-refractivity contribution in [1.82, 2.24) is 14.9 Å². The summed E-state index contributed by atoms with van der Waals surface area (Å²) in [5, 5.41) is 13.2. The Morgan fingerprint density at radius 3 is 2.95 bits per heavy atom. The van der Waals surface area contributed by atoms with Gasteiger partial charge in [0.25, 0.3) is 5.56 Å². The van der Waals surface area contributed by atoms with E-state index in [1.165, 1.54) is 15.9 Å². The highest BCUT2D eigenvalue weighted by Gasteiger charge is 2.13. The molecule has 2 aromatic heterocycles. The Morgan fingerprint density at radius 1 is 1.52 bits per heavy atom. The molecule has 0 saturated heterocycles. The van der Waals surface area contributed by atoms with Crippen LogP contribution in [0.3, 0.4) is 0 Å². The number of hydrogen-bond acceptors (Lipinski definition) is 6. The average Bonchev–Trinajstić information content (AvgIpc) is 2.87. The van der Waals surface area contributed by atoms with Crippen LogP contribution in [0.15, 0.2) is 21.4 Å². The van der Waals surface area contributed by atoms with Gasteiger partial charge in [-0.25, -0.2) is 9.78 Å². The molecule has 2 heterocycles. The second kappa shape index (κ2) is 6.59. The summed E-state index contributed by atoms with van der Waals surface area (Å²) in [6.45, 7) is 0.332. The first-order valence-corrected chi connectivity index (χ1v) is 7.71. The van der Waals surface area contributed by atoms with Crippen molar-refractivity contribution in [2.75, 3.05) is 12.3 Å². The van der Waals surface area contributed by atoms with Gasteiger partial charge >= 0.3 is 12.0 Å². The lowest BCUT2D eigenvalue weighted by Gasteiger charge is -2.11. The molecule has 8 nitrogen and oxygen atoms in total. The van der Waals surface area contributed by atoms with Gasteiger partial charge in [-0.15, -0.1) is 11.3 Å². The normalized spacial score (nSPS) is 10.7. The lowest BCUT2D eigenvalue weighted by atomic mass is 10.4. The van der Waals surface area contributed by atoms with Crippen molar-refractivity contribution < 1.29 is 14.7 Å². The van der Waals surface area contributed by atoms with Gasteiger partial charge < -0.3 is 16.2 Å². The molecule has 0 spiro atoms. The zero-order valence-corrected chi connectivity index (χ0v) is 12.4. The Bertz CT molecular complexity index is 739. The van der Waals surface area contributed by atoms with E-state index in [0.29, 0.717) is 15.4 Å². The van der Waals surface area contributed by atoms with Crippen molar-refractivity contribution in [3.8, 4) is 0 Å². The highest BCUT2D eigenvalue weighted by atomic mass is 32.2. The zero-order valence-electron chi connectivity index (χ0n) is 10.7. The van der Waals surface area contributed by atoms with Crippen LogP contribution in [0.2, 0.25) is 0 Å². The second-order valence-electron chi connectivity index (χ2n) is 3.96. The van der Waals surface area contributed by atoms with Crippen LogP contribution >= 0.6 is 23.1 Å². The summed E-state index contributed by atoms with van der Waals surface area (Å²) in [5.41, 5.74) is 5.25. The number of nitrogens with zero attached hydrogens (tertiary/aromatic N) is 2. The van der Waals surface area contributed by atoms with Crippen LogP contribution in [0.5, 0.6) is 0 Å². The maximum Gasteiger partial charge on any atom is 0.313 e. The van der Waals surface area contributed by atoms with E-state index in [-0.39, 0.29) is 24.4 Å². The van der Waals surface area contributed by atoms with Crippen molar-refractivity contribution >= 4 is 45.3 Å². The number of carbonyl (C=O) groups excluding carboxylic acids is 1. The van der Waals surface area contributed by atoms with E-state index in [4.69, 9.17) is 10.8 Å². The molecule has 0 aliphatic rings. The lowest BCUT2D eigenvalue weighted by Crippen LogP contribution is -2.34. The van der Waals surface area contributed by atoms with Gasteiger partial charge in [-0.3, -0.25) is 14.2 Å². The van der Waals surface area contributed by atoms with Crippen molar-refractivity contribution in [2.45, 2.75) is 11.7 Å². The number of nitrogens with two attached hydrogens (primary N) is 1. The number of nitrogens with one attached hydrogen (secondary N) is 1. The highest BCUT2D eigenvalue weighted by molar-refractivity contribution is 7.99. The number of carbonyl (C=O) groups is 2. The fraction of sp³-hybridized carbons (Fsp3) is 0.273. The first-order chi connectivity index (χ1) is 9.99. The Hall–Kier alpha value is -2.07. The summed E-state index contributed by atoms with van der Waals surface area (Å²) in [7, 11) is 0. The summed E-state index contributed by atoms with van der Waals surface area (Å²) >= 11 is 2.23. The monoisotopic (exact) mass is 328 g/mol. The maximum atomic E-state index is 12.4. The molecule has 112 valence electrons. The smallest absolute Gasteiger partial charge is 0.313 e. The molecule has 0 aliphatic heterocycles. The van der Waals surface area contributed by atoms with Gasteiger partial charge in [0.1, 0.15) is 4.70 Å². The molecule has 2 rings (SSSR count). The van der Waals surface area contributed by atoms with Crippen molar-refractivity contribution in [1.29, 1.82) is 0 Å². The SMILES string of the molecule is NC(=O)NCCn1c(SCC(=O)O)nc2ccsc2c1=O. The van der Waals surface area contributed by atoms with E-state index in [0.717, 1.165) is 11.8 Å². The molecule has 10 heteroatoms. The van der Waals surface area contributed by atoms with Crippen molar-refractivity contribution in [2.24, 2.45) is 5.73 Å². The number of rotatable bonds is 6. The first-order valence-electron chi connectivity index (χ1n) is 5.85. The molecule has 2 amide bonds. The first kappa shape index (κ1) is 15.3. The number of hydrogen-bond donors (Lipinski definition) is 3. The Labute approximate surface area is 127 Å². The predicted octanol–water partition coefficient (Wildman–Crippen LogP) is 0.303. The summed E-state index contributed by atoms with van der Waals surface area (Å²) in [4.78, 5) is 38.0. The van der Waals surface area contributed by atoms with Gasteiger partial charge in [0.15, 0.2) is 5.16 Å². The minimum atomic E-state index is -0.999. The predicted molar refractivity (Wildman–Crippen MR) is 79.8 cm³/mol. The molecule has 0 fully saturated rings. The number of thiophene rings is 1. The van der Waals surface area contributed by atoms with Crippen molar-refractivity contribution in [3.63, 3.8) is 0 Å². The summed E-state index contributed by atoms with van der Waals surface area (Å²) < 4.78 is 1.84. The lowest BCUT2D eigenvalue weighted by molar-refractivity contribution is -0.133. The standard InChI is InChI=1S/C11H12N4O4S2/c12-10(19)13-2-3-15-9(18)8-6(1-4-20-8)14-11(15)21-5-7(16)17/h1,4H,2-3,5H2,(H,16,17)(H3,12,13,19). The number of fused-ring (bicyclic) bond motifs is 1. The topological polar surface area (TPSA) is 127 Å². The van der Waals surface area contributed by atoms with Crippen LogP contribution in [0.25, 0.3) is 10.2 Å². The zero-order chi connectivity index (χ0) is 15.4. The third kappa shape index (κ3) is 3.73. The quantitative estimate of drug-likeness (QED) is 0.517. The molecule has 0 radical (unpaired) electrons. The maximum absolute atomic E-state index is 12.4. The van der Waals surface area contributed by atoms with Crippen molar-refractivity contribution in [3.05, 3.63) is 21.8 Å². The summed E-state index contributed by atoms with van der Waals surface area (Å²) in [5.74, 6) is -1.20. The van der Waals surface area contributed by atoms with Crippen LogP contribution < -0.4 is 16.6 Å². The summed E-state index contributed by atoms with van der Waals surface area (Å²) in [6, 6.07) is 1.02. The van der Waals surface area contributed by atoms with E-state index in [1.807, 2.05) is 0 Å². The van der Waals surface area contributed by atoms with Crippen LogP contribution in [0.4, 0.5) is 4.79 Å². The molecule has 0 unspecified atom stereocenters. The number of aliphatic carboxylic acids is 1. The number of carboxylic acids is 1. The number of amides is 2. The van der Waals surface area contributed by atoms with Gasteiger partial charge in [-0.2, -0.15) is 0 Å². The largest absolute Gasteiger partial charge is 0.481 e. The second-order valence-corrected chi connectivity index (χ2v) is 5.82. The van der Waals surface area contributed by atoms with E-state index < -0.39 is 12.0 Å². The van der Waals surface area contributed by atoms with E-state index in [2.05, 4.69) is 10.3 Å². The fourth-order valence-corrected chi connectivity index (χ4v) is 3.17. The molecule has 2 aromatic rings. The average molecular weight is 328 g/mol. The molecule has 0 saturated carbocycles. The fourth-order valence-electron chi connectivity index (χ4n) is 1.65. The van der Waals surface area contributed by atoms with Gasteiger partial charge in [-0.1, -0.05) is 11.8 Å². The molecule has 0 aromatic carbocycles. The number of aromatic nitrogens is 2. The van der Waals surface area contributed by atoms with Crippen LogP contribution in [0, 0.1) is 0 Å². The Balaban J connectivity index is 2.34.